The molecule has 0 radical (unpaired) electrons. The highest BCUT2D eigenvalue weighted by Gasteiger charge is 2.17. The molecule has 0 aromatic carbocycles. The van der Waals surface area contributed by atoms with Gasteiger partial charge in [-0.3, -0.25) is 9.47 Å². The molecule has 0 spiro atoms. The van der Waals surface area contributed by atoms with Gasteiger partial charge in [-0.1, -0.05) is 0 Å². The summed E-state index contributed by atoms with van der Waals surface area (Å²) >= 11 is 0. The van der Waals surface area contributed by atoms with Crippen molar-refractivity contribution in [3.63, 3.8) is 0 Å². The quantitative estimate of drug-likeness (QED) is 0.327. The van der Waals surface area contributed by atoms with E-state index < -0.39 is 6.48 Å². The molecule has 0 aromatic rings. The molecule has 1 rings (SSSR count). The van der Waals surface area contributed by atoms with Gasteiger partial charge < -0.3 is 0 Å². The van der Waals surface area contributed by atoms with Gasteiger partial charge in [0, 0.05) is 0 Å². The summed E-state index contributed by atoms with van der Waals surface area (Å²) in [6, 6.07) is 0. The maximum Gasteiger partial charge on any atom is 0.305 e. The van der Waals surface area contributed by atoms with E-state index in [4.69, 9.17) is 5.26 Å². The second kappa shape index (κ2) is 3.72. The number of ether oxygens (including phenoxy) is 2. The molecule has 1 aliphatic rings. The summed E-state index contributed by atoms with van der Waals surface area (Å²) in [5.41, 5.74) is 0. The summed E-state index contributed by atoms with van der Waals surface area (Å²) in [6.07, 6.45) is 0. The highest BCUT2D eigenvalue weighted by Crippen LogP contribution is 2.05. The lowest BCUT2D eigenvalue weighted by Crippen LogP contribution is -2.14. The van der Waals surface area contributed by atoms with Crippen molar-refractivity contribution in [3.05, 3.63) is 0 Å². The van der Waals surface area contributed by atoms with Crippen molar-refractivity contribution >= 4 is 0 Å². The molecular formula is C3H6O6. The lowest BCUT2D eigenvalue weighted by atomic mass is 11.2. The topological polar surface area (TPSA) is 66.4 Å². The second-order valence-corrected chi connectivity index (χ2v) is 1.20. The van der Waals surface area contributed by atoms with E-state index in [0.717, 1.165) is 0 Å². The average Bonchev–Trinajstić information content (AvgIpc) is 2.34. The Balaban J connectivity index is 1.98. The monoisotopic (exact) mass is 138 g/mol. The standard InChI is InChI=1S/C3H6O6/c4-7-1-5-3-6-2-8-9-3/h3-4H,1-2H2. The van der Waals surface area contributed by atoms with Crippen LogP contribution in [-0.4, -0.2) is 25.3 Å². The first-order valence-electron chi connectivity index (χ1n) is 2.21. The molecule has 1 saturated heterocycles. The van der Waals surface area contributed by atoms with E-state index in [9.17, 15) is 0 Å². The van der Waals surface area contributed by atoms with Crippen molar-refractivity contribution in [1.82, 2.24) is 0 Å². The zero-order valence-electron chi connectivity index (χ0n) is 4.48. The number of hydrogen-bond donors (Lipinski definition) is 1. The van der Waals surface area contributed by atoms with Gasteiger partial charge in [-0.15, -0.1) is 0 Å². The Kier molecular flexibility index (Phi) is 2.84. The largest absolute Gasteiger partial charge is 0.305 e. The molecule has 0 aliphatic carbocycles. The van der Waals surface area contributed by atoms with Crippen LogP contribution in [0.5, 0.6) is 0 Å². The summed E-state index contributed by atoms with van der Waals surface area (Å²) in [5.74, 6) is 0. The van der Waals surface area contributed by atoms with Gasteiger partial charge in [-0.25, -0.2) is 15.0 Å². The Morgan fingerprint density at radius 2 is 2.56 bits per heavy atom. The van der Waals surface area contributed by atoms with Gasteiger partial charge in [0.05, 0.1) is 0 Å². The maximum absolute atomic E-state index is 7.75. The minimum Gasteiger partial charge on any atom is -0.298 e. The third-order valence-electron chi connectivity index (χ3n) is 0.656. The van der Waals surface area contributed by atoms with Gasteiger partial charge >= 0.3 is 6.48 Å². The lowest BCUT2D eigenvalue weighted by Gasteiger charge is -2.03. The van der Waals surface area contributed by atoms with Crippen LogP contribution in [0.2, 0.25) is 0 Å². The van der Waals surface area contributed by atoms with E-state index >= 15 is 0 Å². The molecule has 6 nitrogen and oxygen atoms in total. The Morgan fingerprint density at radius 1 is 1.67 bits per heavy atom. The van der Waals surface area contributed by atoms with E-state index in [2.05, 4.69) is 24.1 Å². The molecule has 1 aliphatic heterocycles. The van der Waals surface area contributed by atoms with Crippen molar-refractivity contribution in [3.8, 4) is 0 Å². The molecule has 1 N–H and O–H groups in total. The van der Waals surface area contributed by atoms with Crippen LogP contribution in [0.3, 0.4) is 0 Å². The Labute approximate surface area is 50.7 Å². The van der Waals surface area contributed by atoms with Gasteiger partial charge in [0.15, 0.2) is 13.6 Å². The van der Waals surface area contributed by atoms with Crippen LogP contribution in [-0.2, 0) is 24.1 Å². The van der Waals surface area contributed by atoms with Gasteiger partial charge in [-0.05, 0) is 0 Å². The average molecular weight is 138 g/mol. The third-order valence-corrected chi connectivity index (χ3v) is 0.656. The van der Waals surface area contributed by atoms with Crippen LogP contribution < -0.4 is 0 Å². The summed E-state index contributed by atoms with van der Waals surface area (Å²) in [4.78, 5) is 12.2. The van der Waals surface area contributed by atoms with Gasteiger partial charge in [0.1, 0.15) is 0 Å². The Bertz CT molecular complexity index is 68.7. The number of rotatable bonds is 3. The van der Waals surface area contributed by atoms with Gasteiger partial charge in [0.2, 0.25) is 0 Å². The van der Waals surface area contributed by atoms with Crippen LogP contribution in [0.15, 0.2) is 0 Å². The van der Waals surface area contributed by atoms with E-state index in [-0.39, 0.29) is 13.6 Å². The summed E-state index contributed by atoms with van der Waals surface area (Å²) in [6.45, 7) is -1.18. The fraction of sp³-hybridized carbons (Fsp3) is 1.00. The van der Waals surface area contributed by atoms with Crippen molar-refractivity contribution in [2.45, 2.75) is 6.48 Å². The zero-order chi connectivity index (χ0) is 6.53. The lowest BCUT2D eigenvalue weighted by molar-refractivity contribution is -0.390. The summed E-state index contributed by atoms with van der Waals surface area (Å²) in [7, 11) is 0. The maximum atomic E-state index is 7.75. The van der Waals surface area contributed by atoms with Gasteiger partial charge in [0.25, 0.3) is 0 Å². The molecular weight excluding hydrogens is 132 g/mol. The van der Waals surface area contributed by atoms with Crippen LogP contribution in [0.25, 0.3) is 0 Å². The fourth-order valence-electron chi connectivity index (χ4n) is 0.356. The van der Waals surface area contributed by atoms with Crippen molar-refractivity contribution < 1.29 is 29.4 Å². The minimum atomic E-state index is -0.892. The second-order valence-electron chi connectivity index (χ2n) is 1.20. The summed E-state index contributed by atoms with van der Waals surface area (Å²) in [5, 5.41) is 7.75. The predicted molar refractivity (Wildman–Crippen MR) is 21.6 cm³/mol. The van der Waals surface area contributed by atoms with E-state index in [1.54, 1.807) is 0 Å². The predicted octanol–water partition coefficient (Wildman–Crippen LogP) is -0.330. The van der Waals surface area contributed by atoms with Crippen molar-refractivity contribution in [1.29, 1.82) is 0 Å². The van der Waals surface area contributed by atoms with E-state index in [0.29, 0.717) is 0 Å². The van der Waals surface area contributed by atoms with Crippen LogP contribution in [0.4, 0.5) is 0 Å². The molecule has 0 aromatic heterocycles. The van der Waals surface area contributed by atoms with E-state index in [1.165, 1.54) is 0 Å². The smallest absolute Gasteiger partial charge is 0.298 e. The Morgan fingerprint density at radius 3 is 3.11 bits per heavy atom. The molecule has 0 saturated carbocycles. The molecule has 9 heavy (non-hydrogen) atoms. The highest BCUT2D eigenvalue weighted by atomic mass is 17.3. The molecule has 1 atom stereocenters. The van der Waals surface area contributed by atoms with Gasteiger partial charge in [-0.2, -0.15) is 4.89 Å². The summed E-state index contributed by atoms with van der Waals surface area (Å²) < 4.78 is 9.11. The van der Waals surface area contributed by atoms with Crippen LogP contribution in [0.1, 0.15) is 0 Å². The zero-order valence-corrected chi connectivity index (χ0v) is 4.48. The van der Waals surface area contributed by atoms with Crippen molar-refractivity contribution in [2.24, 2.45) is 0 Å². The molecule has 1 unspecified atom stereocenters. The Hall–Kier alpha value is -0.240. The first-order valence-corrected chi connectivity index (χ1v) is 2.21. The first kappa shape index (κ1) is 6.87. The SMILES string of the molecule is OOCOC1OCOO1. The molecule has 6 heteroatoms. The van der Waals surface area contributed by atoms with Crippen LogP contribution in [0, 0.1) is 0 Å². The van der Waals surface area contributed by atoms with E-state index in [1.807, 2.05) is 0 Å². The fourth-order valence-corrected chi connectivity index (χ4v) is 0.356. The first-order chi connectivity index (χ1) is 4.43. The molecule has 0 bridgehead atoms. The van der Waals surface area contributed by atoms with Crippen molar-refractivity contribution in [2.75, 3.05) is 13.6 Å². The third kappa shape index (κ3) is 2.22. The molecule has 1 fully saturated rings. The minimum absolute atomic E-state index is 0.0239. The number of hydrogen-bond acceptors (Lipinski definition) is 6. The molecule has 54 valence electrons. The molecule has 0 amide bonds. The molecule has 1 heterocycles. The highest BCUT2D eigenvalue weighted by molar-refractivity contribution is 4.17. The van der Waals surface area contributed by atoms with Crippen LogP contribution >= 0.6 is 0 Å². The normalized spacial score (nSPS) is 27.0.